The SMILES string of the molecule is COC(=O)c1ccccc1B(O)O.Cc1ccccc1-c1nccc2c1ccc1ccccc12.Clc1nccc2c1ccc1ccccc12.O=C=O. The highest BCUT2D eigenvalue weighted by atomic mass is 35.5. The Hall–Kier alpha value is -6.22. The number of aromatic nitrogens is 2. The minimum atomic E-state index is -1.66. The van der Waals surface area contributed by atoms with Crippen LogP contribution in [0, 0.1) is 6.92 Å². The maximum atomic E-state index is 11.1. The van der Waals surface area contributed by atoms with E-state index in [-0.39, 0.29) is 17.2 Å². The summed E-state index contributed by atoms with van der Waals surface area (Å²) < 4.78 is 4.47. The normalized spacial score (nSPS) is 10.2. The van der Waals surface area contributed by atoms with Crippen molar-refractivity contribution in [2.24, 2.45) is 0 Å². The third-order valence-electron chi connectivity index (χ3n) is 8.34. The zero-order chi connectivity index (χ0) is 37.0. The lowest BCUT2D eigenvalue weighted by Gasteiger charge is -2.10. The standard InChI is InChI=1S/C20H15N.C13H8ClN.C8H9BO4.CO2/c1-14-6-2-4-8-16(14)20-19-11-10-15-7-3-5-9-17(15)18(19)12-13-21-20;14-13-12-6-5-9-3-1-2-4-10(9)11(12)7-8-15-13;1-13-8(10)6-4-2-3-5-7(6)9(11)12;2-1-3/h2-13H,1H3;1-8H;2-5,11-12H,1H3;. The van der Waals surface area contributed by atoms with Crippen LogP contribution in [-0.4, -0.2) is 46.4 Å². The first-order chi connectivity index (χ1) is 25.3. The van der Waals surface area contributed by atoms with Gasteiger partial charge >= 0.3 is 19.2 Å². The van der Waals surface area contributed by atoms with Crippen LogP contribution in [-0.2, 0) is 14.3 Å². The number of ether oxygens (including phenoxy) is 1. The topological polar surface area (TPSA) is 127 Å². The van der Waals surface area contributed by atoms with Crippen molar-refractivity contribution in [1.29, 1.82) is 0 Å². The molecule has 0 saturated carbocycles. The summed E-state index contributed by atoms with van der Waals surface area (Å²) in [6.07, 6.45) is 3.91. The number of methoxy groups -OCH3 is 1. The fourth-order valence-corrected chi connectivity index (χ4v) is 6.13. The Morgan fingerprint density at radius 1 is 0.635 bits per heavy atom. The Kier molecular flexibility index (Phi) is 12.6. The number of fused-ring (bicyclic) bond motifs is 6. The molecule has 8 rings (SSSR count). The molecule has 0 aliphatic heterocycles. The Bertz CT molecular complexity index is 2540. The van der Waals surface area contributed by atoms with E-state index in [0.29, 0.717) is 5.15 Å². The number of carbonyl (C=O) groups is 1. The van der Waals surface area contributed by atoms with Gasteiger partial charge in [0.2, 0.25) is 0 Å². The van der Waals surface area contributed by atoms with Gasteiger partial charge in [0, 0.05) is 28.7 Å². The highest BCUT2D eigenvalue weighted by molar-refractivity contribution is 6.60. The molecule has 0 saturated heterocycles. The van der Waals surface area contributed by atoms with Crippen molar-refractivity contribution < 1.29 is 29.2 Å². The second-order valence-electron chi connectivity index (χ2n) is 11.4. The van der Waals surface area contributed by atoms with Crippen LogP contribution in [0.25, 0.3) is 54.3 Å². The highest BCUT2D eigenvalue weighted by Crippen LogP contribution is 2.33. The number of halogens is 1. The smallest absolute Gasteiger partial charge is 0.465 e. The van der Waals surface area contributed by atoms with Gasteiger partial charge in [-0.05, 0) is 68.5 Å². The summed E-state index contributed by atoms with van der Waals surface area (Å²) >= 11 is 6.05. The maximum absolute atomic E-state index is 11.1. The lowest BCUT2D eigenvalue weighted by Crippen LogP contribution is -2.34. The molecule has 0 amide bonds. The number of nitrogens with zero attached hydrogens (tertiary/aromatic N) is 2. The molecule has 6 aromatic carbocycles. The summed E-state index contributed by atoms with van der Waals surface area (Å²) in [4.78, 5) is 36.1. The van der Waals surface area contributed by atoms with Gasteiger partial charge in [-0.1, -0.05) is 127 Å². The molecule has 0 aliphatic rings. The van der Waals surface area contributed by atoms with E-state index in [9.17, 15) is 4.79 Å². The average molecular weight is 707 g/mol. The number of rotatable bonds is 3. The fourth-order valence-electron chi connectivity index (χ4n) is 5.91. The molecule has 2 N–H and O–H groups in total. The van der Waals surface area contributed by atoms with Crippen LogP contribution in [0.15, 0.2) is 146 Å². The Morgan fingerprint density at radius 2 is 1.15 bits per heavy atom. The molecule has 0 spiro atoms. The molecular formula is C42H32BClN2O6. The largest absolute Gasteiger partial charge is 0.489 e. The number of benzene rings is 6. The van der Waals surface area contributed by atoms with Crippen molar-refractivity contribution in [2.45, 2.75) is 6.92 Å². The summed E-state index contributed by atoms with van der Waals surface area (Å²) in [5, 5.41) is 28.0. The van der Waals surface area contributed by atoms with Crippen LogP contribution >= 0.6 is 11.6 Å². The molecule has 0 fully saturated rings. The van der Waals surface area contributed by atoms with Gasteiger partial charge in [-0.25, -0.2) is 9.78 Å². The Balaban J connectivity index is 0.000000150. The molecule has 8 aromatic rings. The molecule has 2 aromatic heterocycles. The minimum absolute atomic E-state index is 0.148. The highest BCUT2D eigenvalue weighted by Gasteiger charge is 2.19. The summed E-state index contributed by atoms with van der Waals surface area (Å²) in [5.74, 6) is -0.580. The second kappa shape index (κ2) is 17.6. The molecule has 0 atom stereocenters. The summed E-state index contributed by atoms with van der Waals surface area (Å²) in [7, 11) is -0.418. The first kappa shape index (κ1) is 37.1. The summed E-state index contributed by atoms with van der Waals surface area (Å²) in [6.45, 7) is 2.14. The molecule has 0 radical (unpaired) electrons. The van der Waals surface area contributed by atoms with E-state index in [1.807, 2.05) is 30.5 Å². The number of pyridine rings is 2. The monoisotopic (exact) mass is 706 g/mol. The average Bonchev–Trinajstić information content (AvgIpc) is 3.18. The van der Waals surface area contributed by atoms with E-state index in [4.69, 9.17) is 31.2 Å². The maximum Gasteiger partial charge on any atom is 0.489 e. The number of esters is 1. The van der Waals surface area contributed by atoms with Crippen LogP contribution < -0.4 is 5.46 Å². The van der Waals surface area contributed by atoms with Gasteiger partial charge < -0.3 is 14.8 Å². The molecule has 52 heavy (non-hydrogen) atoms. The van der Waals surface area contributed by atoms with Crippen molar-refractivity contribution in [3.8, 4) is 11.3 Å². The fraction of sp³-hybridized carbons (Fsp3) is 0.0476. The van der Waals surface area contributed by atoms with Gasteiger partial charge in [-0.3, -0.25) is 4.98 Å². The van der Waals surface area contributed by atoms with Crippen molar-refractivity contribution in [3.63, 3.8) is 0 Å². The van der Waals surface area contributed by atoms with Crippen molar-refractivity contribution in [1.82, 2.24) is 9.97 Å². The predicted molar refractivity (Wildman–Crippen MR) is 206 cm³/mol. The summed E-state index contributed by atoms with van der Waals surface area (Å²) in [6, 6.07) is 44.0. The second-order valence-corrected chi connectivity index (χ2v) is 11.7. The minimum Gasteiger partial charge on any atom is -0.465 e. The van der Waals surface area contributed by atoms with E-state index in [1.54, 1.807) is 18.3 Å². The van der Waals surface area contributed by atoms with Gasteiger partial charge in [-0.2, -0.15) is 9.59 Å². The molecule has 0 unspecified atom stereocenters. The van der Waals surface area contributed by atoms with Gasteiger partial charge in [0.25, 0.3) is 0 Å². The lowest BCUT2D eigenvalue weighted by molar-refractivity contribution is -0.191. The molecule has 0 aliphatic carbocycles. The van der Waals surface area contributed by atoms with Crippen LogP contribution in [0.2, 0.25) is 5.15 Å². The van der Waals surface area contributed by atoms with Crippen LogP contribution in [0.3, 0.4) is 0 Å². The molecule has 8 nitrogen and oxygen atoms in total. The predicted octanol–water partition coefficient (Wildman–Crippen LogP) is 7.97. The van der Waals surface area contributed by atoms with Crippen molar-refractivity contribution in [2.75, 3.05) is 7.11 Å². The Labute approximate surface area is 305 Å². The van der Waals surface area contributed by atoms with E-state index in [2.05, 4.69) is 107 Å². The van der Waals surface area contributed by atoms with Crippen LogP contribution in [0.4, 0.5) is 0 Å². The molecule has 256 valence electrons. The van der Waals surface area contributed by atoms with Gasteiger partial charge in [0.05, 0.1) is 18.4 Å². The lowest BCUT2D eigenvalue weighted by atomic mass is 9.77. The quantitative estimate of drug-likeness (QED) is 0.0820. The Morgan fingerprint density at radius 3 is 1.77 bits per heavy atom. The van der Waals surface area contributed by atoms with Gasteiger partial charge in [0.1, 0.15) is 5.15 Å². The van der Waals surface area contributed by atoms with Crippen molar-refractivity contribution >= 4 is 79.4 Å². The molecule has 0 bridgehead atoms. The zero-order valence-corrected chi connectivity index (χ0v) is 29.0. The molecular weight excluding hydrogens is 675 g/mol. The third-order valence-corrected chi connectivity index (χ3v) is 8.64. The first-order valence-corrected chi connectivity index (χ1v) is 16.4. The number of carbonyl (C=O) groups excluding carboxylic acids is 3. The first-order valence-electron chi connectivity index (χ1n) is 16.1. The van der Waals surface area contributed by atoms with E-state index >= 15 is 0 Å². The van der Waals surface area contributed by atoms with E-state index in [1.165, 1.54) is 62.7 Å². The van der Waals surface area contributed by atoms with Crippen molar-refractivity contribution in [3.05, 3.63) is 162 Å². The molecule has 10 heteroatoms. The van der Waals surface area contributed by atoms with Gasteiger partial charge in [-0.15, -0.1) is 0 Å². The van der Waals surface area contributed by atoms with Crippen LogP contribution in [0.1, 0.15) is 15.9 Å². The van der Waals surface area contributed by atoms with E-state index in [0.717, 1.165) is 16.5 Å². The number of hydrogen-bond donors (Lipinski definition) is 2. The summed E-state index contributed by atoms with van der Waals surface area (Å²) in [5.41, 5.74) is 3.84. The zero-order valence-electron chi connectivity index (χ0n) is 28.2. The van der Waals surface area contributed by atoms with Crippen LogP contribution in [0.5, 0.6) is 0 Å². The third kappa shape index (κ3) is 8.38. The van der Waals surface area contributed by atoms with E-state index < -0.39 is 13.1 Å². The molecule has 2 heterocycles. The van der Waals surface area contributed by atoms with Gasteiger partial charge in [0.15, 0.2) is 0 Å². The number of hydrogen-bond acceptors (Lipinski definition) is 8. The number of aryl methyl sites for hydroxylation is 1.